The quantitative estimate of drug-likeness (QED) is 0.839. The summed E-state index contributed by atoms with van der Waals surface area (Å²) in [6.07, 6.45) is 10.8. The highest BCUT2D eigenvalue weighted by molar-refractivity contribution is 5.77. The monoisotopic (exact) mass is 300 g/mol. The van der Waals surface area contributed by atoms with Crippen LogP contribution in [0.1, 0.15) is 24.6 Å². The van der Waals surface area contributed by atoms with E-state index in [-0.39, 0.29) is 11.9 Å². The number of aromatic nitrogens is 4. The maximum absolute atomic E-state index is 12.0. The molecule has 0 spiro atoms. The van der Waals surface area contributed by atoms with Crippen LogP contribution in [-0.4, -0.2) is 62.4 Å². The van der Waals surface area contributed by atoms with Gasteiger partial charge in [0, 0.05) is 26.5 Å². The van der Waals surface area contributed by atoms with Crippen molar-refractivity contribution in [3.8, 4) is 5.82 Å². The van der Waals surface area contributed by atoms with Crippen LogP contribution in [0.25, 0.3) is 5.82 Å². The number of amides is 1. The Hall–Kier alpha value is -2.28. The van der Waals surface area contributed by atoms with Gasteiger partial charge in [0.1, 0.15) is 6.33 Å². The molecule has 2 aromatic rings. The van der Waals surface area contributed by atoms with Gasteiger partial charge in [0.25, 0.3) is 0 Å². The largest absolute Gasteiger partial charge is 0.348 e. The summed E-state index contributed by atoms with van der Waals surface area (Å²) in [5.41, 5.74) is 0.912. The van der Waals surface area contributed by atoms with E-state index in [1.165, 1.54) is 0 Å². The molecule has 1 unspecified atom stereocenters. The third kappa shape index (κ3) is 2.99. The highest BCUT2D eigenvalue weighted by Crippen LogP contribution is 2.30. The molecule has 7 nitrogen and oxygen atoms in total. The molecular formula is C15H20N6O. The summed E-state index contributed by atoms with van der Waals surface area (Å²) in [7, 11) is 3.57. The first kappa shape index (κ1) is 14.6. The highest BCUT2D eigenvalue weighted by Gasteiger charge is 2.29. The first-order chi connectivity index (χ1) is 10.6. The Morgan fingerprint density at radius 3 is 2.95 bits per heavy atom. The normalized spacial score (nSPS) is 18.5. The van der Waals surface area contributed by atoms with E-state index in [4.69, 9.17) is 4.98 Å². The number of carbonyl (C=O) groups is 1. The summed E-state index contributed by atoms with van der Waals surface area (Å²) in [6.45, 7) is 1.34. The Labute approximate surface area is 129 Å². The molecule has 1 aliphatic heterocycles. The molecule has 0 aromatic carbocycles. The lowest BCUT2D eigenvalue weighted by molar-refractivity contribution is -0.130. The fourth-order valence-electron chi connectivity index (χ4n) is 2.72. The van der Waals surface area contributed by atoms with E-state index in [1.54, 1.807) is 43.9 Å². The van der Waals surface area contributed by atoms with Crippen LogP contribution in [-0.2, 0) is 4.79 Å². The van der Waals surface area contributed by atoms with Crippen molar-refractivity contribution >= 4 is 5.91 Å². The zero-order valence-corrected chi connectivity index (χ0v) is 12.9. The van der Waals surface area contributed by atoms with Gasteiger partial charge >= 0.3 is 0 Å². The molecule has 1 saturated heterocycles. The second-order valence-electron chi connectivity index (χ2n) is 5.69. The van der Waals surface area contributed by atoms with Crippen LogP contribution < -0.4 is 0 Å². The predicted octanol–water partition coefficient (Wildman–Crippen LogP) is 0.887. The number of hydrogen-bond donors (Lipinski definition) is 0. The van der Waals surface area contributed by atoms with Crippen molar-refractivity contribution in [2.45, 2.75) is 18.9 Å². The third-order valence-electron chi connectivity index (χ3n) is 3.95. The van der Waals surface area contributed by atoms with E-state index in [9.17, 15) is 4.79 Å². The number of likely N-dealkylation sites (N-methyl/N-ethyl adjacent to an activating group) is 1. The van der Waals surface area contributed by atoms with Crippen LogP contribution in [0.3, 0.4) is 0 Å². The fourth-order valence-corrected chi connectivity index (χ4v) is 2.72. The van der Waals surface area contributed by atoms with Crippen molar-refractivity contribution in [1.82, 2.24) is 29.3 Å². The van der Waals surface area contributed by atoms with Crippen molar-refractivity contribution in [2.24, 2.45) is 0 Å². The van der Waals surface area contributed by atoms with Gasteiger partial charge in [-0.15, -0.1) is 0 Å². The minimum absolute atomic E-state index is 0.116. The van der Waals surface area contributed by atoms with Crippen molar-refractivity contribution in [3.63, 3.8) is 0 Å². The molecule has 1 amide bonds. The second kappa shape index (κ2) is 6.23. The molecule has 0 radical (unpaired) electrons. The minimum atomic E-state index is 0.116. The van der Waals surface area contributed by atoms with E-state index >= 15 is 0 Å². The first-order valence-electron chi connectivity index (χ1n) is 7.39. The Balaban J connectivity index is 1.80. The standard InChI is InChI=1S/C15H20N6O/c1-19(2)15(22)10-20-6-3-4-13(20)12-8-17-9-14(18-12)21-7-5-16-11-21/h5,7-9,11,13H,3-4,6,10H2,1-2H3. The number of hydrogen-bond acceptors (Lipinski definition) is 5. The van der Waals surface area contributed by atoms with Gasteiger partial charge in [0.05, 0.1) is 30.7 Å². The summed E-state index contributed by atoms with van der Waals surface area (Å²) < 4.78 is 1.83. The molecule has 1 atom stereocenters. The van der Waals surface area contributed by atoms with Crippen LogP contribution in [0, 0.1) is 0 Å². The van der Waals surface area contributed by atoms with E-state index in [1.807, 2.05) is 10.8 Å². The maximum Gasteiger partial charge on any atom is 0.236 e. The average molecular weight is 300 g/mol. The summed E-state index contributed by atoms with van der Waals surface area (Å²) in [6, 6.07) is 0.153. The molecule has 0 bridgehead atoms. The van der Waals surface area contributed by atoms with E-state index < -0.39 is 0 Å². The molecular weight excluding hydrogens is 280 g/mol. The average Bonchev–Trinajstić information content (AvgIpc) is 3.18. The van der Waals surface area contributed by atoms with Gasteiger partial charge in [0.2, 0.25) is 5.91 Å². The number of carbonyl (C=O) groups excluding carboxylic acids is 1. The van der Waals surface area contributed by atoms with Gasteiger partial charge < -0.3 is 4.90 Å². The predicted molar refractivity (Wildman–Crippen MR) is 81.4 cm³/mol. The lowest BCUT2D eigenvalue weighted by Crippen LogP contribution is -2.36. The lowest BCUT2D eigenvalue weighted by atomic mass is 10.1. The first-order valence-corrected chi connectivity index (χ1v) is 7.39. The van der Waals surface area contributed by atoms with Crippen LogP contribution >= 0.6 is 0 Å². The van der Waals surface area contributed by atoms with Gasteiger partial charge in [-0.25, -0.2) is 9.97 Å². The van der Waals surface area contributed by atoms with Crippen LogP contribution in [0.4, 0.5) is 0 Å². The number of rotatable bonds is 4. The molecule has 116 valence electrons. The van der Waals surface area contributed by atoms with Crippen molar-refractivity contribution in [2.75, 3.05) is 27.2 Å². The SMILES string of the molecule is CN(C)C(=O)CN1CCCC1c1cncc(-n2ccnc2)n1. The zero-order chi connectivity index (χ0) is 15.5. The fraction of sp³-hybridized carbons (Fsp3) is 0.467. The van der Waals surface area contributed by atoms with Gasteiger partial charge in [-0.1, -0.05) is 0 Å². The molecule has 0 N–H and O–H groups in total. The summed E-state index contributed by atoms with van der Waals surface area (Å²) >= 11 is 0. The number of imidazole rings is 1. The molecule has 3 rings (SSSR count). The smallest absolute Gasteiger partial charge is 0.236 e. The number of likely N-dealkylation sites (tertiary alicyclic amines) is 1. The molecule has 22 heavy (non-hydrogen) atoms. The topological polar surface area (TPSA) is 67.2 Å². The Morgan fingerprint density at radius 2 is 2.23 bits per heavy atom. The Bertz CT molecular complexity index is 639. The van der Waals surface area contributed by atoms with E-state index in [0.29, 0.717) is 6.54 Å². The second-order valence-corrected chi connectivity index (χ2v) is 5.69. The Morgan fingerprint density at radius 1 is 1.36 bits per heavy atom. The molecule has 0 saturated carbocycles. The Kier molecular flexibility index (Phi) is 4.15. The van der Waals surface area contributed by atoms with Crippen LogP contribution in [0.15, 0.2) is 31.1 Å². The van der Waals surface area contributed by atoms with E-state index in [2.05, 4.69) is 14.9 Å². The van der Waals surface area contributed by atoms with Crippen molar-refractivity contribution in [1.29, 1.82) is 0 Å². The summed E-state index contributed by atoms with van der Waals surface area (Å²) in [5.74, 6) is 0.867. The summed E-state index contributed by atoms with van der Waals surface area (Å²) in [4.78, 5) is 28.8. The van der Waals surface area contributed by atoms with Gasteiger partial charge in [-0.05, 0) is 19.4 Å². The lowest BCUT2D eigenvalue weighted by Gasteiger charge is -2.24. The van der Waals surface area contributed by atoms with Gasteiger partial charge in [-0.3, -0.25) is 19.2 Å². The maximum atomic E-state index is 12.0. The van der Waals surface area contributed by atoms with Gasteiger partial charge in [-0.2, -0.15) is 0 Å². The zero-order valence-electron chi connectivity index (χ0n) is 12.9. The molecule has 0 aliphatic carbocycles. The number of nitrogens with zero attached hydrogens (tertiary/aromatic N) is 6. The molecule has 1 fully saturated rings. The molecule has 1 aliphatic rings. The summed E-state index contributed by atoms with van der Waals surface area (Å²) in [5, 5.41) is 0. The minimum Gasteiger partial charge on any atom is -0.348 e. The van der Waals surface area contributed by atoms with Crippen molar-refractivity contribution < 1.29 is 4.79 Å². The van der Waals surface area contributed by atoms with Crippen LogP contribution in [0.5, 0.6) is 0 Å². The van der Waals surface area contributed by atoms with Gasteiger partial charge in [0.15, 0.2) is 5.82 Å². The van der Waals surface area contributed by atoms with E-state index in [0.717, 1.165) is 30.9 Å². The van der Waals surface area contributed by atoms with Crippen LogP contribution in [0.2, 0.25) is 0 Å². The molecule has 3 heterocycles. The highest BCUT2D eigenvalue weighted by atomic mass is 16.2. The molecule has 7 heteroatoms. The van der Waals surface area contributed by atoms with Crippen molar-refractivity contribution in [3.05, 3.63) is 36.8 Å². The third-order valence-corrected chi connectivity index (χ3v) is 3.95. The molecule has 2 aromatic heterocycles.